The summed E-state index contributed by atoms with van der Waals surface area (Å²) < 4.78 is 5.97. The van der Waals surface area contributed by atoms with E-state index in [1.54, 1.807) is 18.2 Å². The predicted molar refractivity (Wildman–Crippen MR) is 78.4 cm³/mol. The van der Waals surface area contributed by atoms with Crippen LogP contribution in [-0.4, -0.2) is 18.0 Å². The number of benzene rings is 1. The highest BCUT2D eigenvalue weighted by Gasteiger charge is 2.53. The zero-order valence-corrected chi connectivity index (χ0v) is 12.5. The highest BCUT2D eigenvalue weighted by Crippen LogP contribution is 2.43. The Morgan fingerprint density at radius 1 is 1.43 bits per heavy atom. The number of amides is 3. The normalized spacial score (nSPS) is 27.0. The third-order valence-electron chi connectivity index (χ3n) is 4.05. The fraction of sp³-hybridized carbons (Fsp3) is 0.467. The van der Waals surface area contributed by atoms with Gasteiger partial charge in [-0.3, -0.25) is 10.1 Å². The van der Waals surface area contributed by atoms with Crippen molar-refractivity contribution in [2.75, 3.05) is 0 Å². The molecule has 1 spiro atoms. The van der Waals surface area contributed by atoms with Crippen molar-refractivity contribution in [2.24, 2.45) is 0 Å². The first kappa shape index (κ1) is 14.2. The number of carbonyl (C=O) groups is 2. The van der Waals surface area contributed by atoms with E-state index in [-0.39, 0.29) is 12.0 Å². The zero-order chi connectivity index (χ0) is 15.0. The molecule has 6 heteroatoms. The van der Waals surface area contributed by atoms with Crippen LogP contribution in [0.5, 0.6) is 5.75 Å². The first-order chi connectivity index (χ1) is 10.0. The average molecular weight is 309 g/mol. The van der Waals surface area contributed by atoms with Gasteiger partial charge in [-0.2, -0.15) is 0 Å². The molecule has 0 saturated carbocycles. The maximum Gasteiger partial charge on any atom is 0.322 e. The van der Waals surface area contributed by atoms with Gasteiger partial charge in [0.05, 0.1) is 0 Å². The van der Waals surface area contributed by atoms with Crippen LogP contribution in [0.1, 0.15) is 38.2 Å². The van der Waals surface area contributed by atoms with Crippen molar-refractivity contribution in [3.05, 3.63) is 28.8 Å². The molecule has 5 nitrogen and oxygen atoms in total. The standard InChI is InChI=1S/C15H17ClN2O3/c1-2-3-4-10-8-15(13(19)17-14(20)18-15)11-7-9(16)5-6-12(11)21-10/h5-7,10H,2-4,8H2,1H3,(H2,17,18,19,20). The maximum absolute atomic E-state index is 12.4. The number of hydrogen-bond donors (Lipinski definition) is 2. The number of rotatable bonds is 3. The van der Waals surface area contributed by atoms with E-state index in [0.717, 1.165) is 19.3 Å². The van der Waals surface area contributed by atoms with Gasteiger partial charge >= 0.3 is 6.03 Å². The van der Waals surface area contributed by atoms with Crippen LogP contribution in [0.3, 0.4) is 0 Å². The third kappa shape index (κ3) is 2.35. The van der Waals surface area contributed by atoms with Crippen molar-refractivity contribution in [2.45, 2.75) is 44.2 Å². The lowest BCUT2D eigenvalue weighted by molar-refractivity contribution is -0.126. The lowest BCUT2D eigenvalue weighted by Crippen LogP contribution is -2.50. The molecule has 21 heavy (non-hydrogen) atoms. The number of carbonyl (C=O) groups excluding carboxylic acids is 2. The highest BCUT2D eigenvalue weighted by atomic mass is 35.5. The molecular weight excluding hydrogens is 292 g/mol. The fourth-order valence-corrected chi connectivity index (χ4v) is 3.20. The molecule has 0 radical (unpaired) electrons. The SMILES string of the molecule is CCCCC1CC2(NC(=O)NC2=O)c2cc(Cl)ccc2O1. The Kier molecular flexibility index (Phi) is 3.53. The number of fused-ring (bicyclic) bond motifs is 2. The molecule has 0 aliphatic carbocycles. The second-order valence-corrected chi connectivity index (χ2v) is 5.98. The molecule has 1 saturated heterocycles. The molecule has 1 aromatic rings. The summed E-state index contributed by atoms with van der Waals surface area (Å²) in [5.41, 5.74) is -0.431. The Labute approximate surface area is 128 Å². The van der Waals surface area contributed by atoms with E-state index in [2.05, 4.69) is 17.6 Å². The Morgan fingerprint density at radius 3 is 2.90 bits per heavy atom. The molecule has 2 aliphatic rings. The Balaban J connectivity index is 2.03. The highest BCUT2D eigenvalue weighted by molar-refractivity contribution is 6.30. The van der Waals surface area contributed by atoms with Crippen LogP contribution in [0.2, 0.25) is 5.02 Å². The van der Waals surface area contributed by atoms with Crippen LogP contribution >= 0.6 is 11.6 Å². The number of hydrogen-bond acceptors (Lipinski definition) is 3. The molecular formula is C15H17ClN2O3. The summed E-state index contributed by atoms with van der Waals surface area (Å²) in [4.78, 5) is 24.0. The zero-order valence-electron chi connectivity index (χ0n) is 11.7. The molecule has 0 bridgehead atoms. The molecule has 0 aromatic heterocycles. The molecule has 2 unspecified atom stereocenters. The Hall–Kier alpha value is -1.75. The van der Waals surface area contributed by atoms with Crippen LogP contribution in [0.25, 0.3) is 0 Å². The summed E-state index contributed by atoms with van der Waals surface area (Å²) in [6.07, 6.45) is 3.25. The quantitative estimate of drug-likeness (QED) is 0.844. The van der Waals surface area contributed by atoms with Gasteiger partial charge in [0.15, 0.2) is 5.54 Å². The average Bonchev–Trinajstić information content (AvgIpc) is 2.72. The van der Waals surface area contributed by atoms with E-state index in [1.807, 2.05) is 0 Å². The lowest BCUT2D eigenvalue weighted by Gasteiger charge is -2.37. The fourth-order valence-electron chi connectivity index (χ4n) is 3.03. The first-order valence-electron chi connectivity index (χ1n) is 7.15. The minimum absolute atomic E-state index is 0.0947. The number of urea groups is 1. The largest absolute Gasteiger partial charge is 0.490 e. The van der Waals surface area contributed by atoms with E-state index in [1.165, 1.54) is 0 Å². The molecule has 2 atom stereocenters. The summed E-state index contributed by atoms with van der Waals surface area (Å²) in [5, 5.41) is 5.61. The van der Waals surface area contributed by atoms with Crippen molar-refractivity contribution in [3.8, 4) is 5.75 Å². The molecule has 3 amide bonds. The van der Waals surface area contributed by atoms with Crippen LogP contribution in [-0.2, 0) is 10.3 Å². The first-order valence-corrected chi connectivity index (χ1v) is 7.53. The van der Waals surface area contributed by atoms with Crippen LogP contribution in [0.4, 0.5) is 4.79 Å². The van der Waals surface area contributed by atoms with Crippen LogP contribution < -0.4 is 15.4 Å². The minimum Gasteiger partial charge on any atom is -0.490 e. The van der Waals surface area contributed by atoms with E-state index in [4.69, 9.17) is 16.3 Å². The number of ether oxygens (including phenoxy) is 1. The molecule has 2 heterocycles. The summed E-state index contributed by atoms with van der Waals surface area (Å²) in [5.74, 6) is 0.282. The Bertz CT molecular complexity index is 605. The monoisotopic (exact) mass is 308 g/mol. The van der Waals surface area contributed by atoms with E-state index >= 15 is 0 Å². The van der Waals surface area contributed by atoms with Crippen molar-refractivity contribution in [1.29, 1.82) is 0 Å². The van der Waals surface area contributed by atoms with Gasteiger partial charge in [-0.25, -0.2) is 4.79 Å². The molecule has 2 aliphatic heterocycles. The molecule has 3 rings (SSSR count). The molecule has 1 aromatic carbocycles. The van der Waals surface area contributed by atoms with Crippen LogP contribution in [0.15, 0.2) is 18.2 Å². The molecule has 1 fully saturated rings. The van der Waals surface area contributed by atoms with Gasteiger partial charge in [-0.15, -0.1) is 0 Å². The number of nitrogens with one attached hydrogen (secondary N) is 2. The summed E-state index contributed by atoms with van der Waals surface area (Å²) >= 11 is 6.04. The van der Waals surface area contributed by atoms with E-state index in [0.29, 0.717) is 22.8 Å². The van der Waals surface area contributed by atoms with Crippen molar-refractivity contribution >= 4 is 23.5 Å². The second kappa shape index (κ2) is 5.22. The van der Waals surface area contributed by atoms with Gasteiger partial charge in [0.25, 0.3) is 5.91 Å². The van der Waals surface area contributed by atoms with Crippen molar-refractivity contribution in [3.63, 3.8) is 0 Å². The van der Waals surface area contributed by atoms with Gasteiger partial charge in [-0.05, 0) is 24.6 Å². The topological polar surface area (TPSA) is 67.4 Å². The Morgan fingerprint density at radius 2 is 2.24 bits per heavy atom. The van der Waals surface area contributed by atoms with E-state index in [9.17, 15) is 9.59 Å². The minimum atomic E-state index is -1.06. The number of unbranched alkanes of at least 4 members (excludes halogenated alkanes) is 1. The number of imide groups is 1. The molecule has 2 N–H and O–H groups in total. The number of halogens is 1. The summed E-state index contributed by atoms with van der Waals surface area (Å²) in [7, 11) is 0. The predicted octanol–water partition coefficient (Wildman–Crippen LogP) is 2.72. The van der Waals surface area contributed by atoms with Crippen LogP contribution in [0, 0.1) is 0 Å². The van der Waals surface area contributed by atoms with Crippen molar-refractivity contribution in [1.82, 2.24) is 10.6 Å². The summed E-state index contributed by atoms with van der Waals surface area (Å²) in [6, 6.07) is 4.71. The third-order valence-corrected chi connectivity index (χ3v) is 4.29. The van der Waals surface area contributed by atoms with Gasteiger partial charge < -0.3 is 10.1 Å². The second-order valence-electron chi connectivity index (χ2n) is 5.54. The van der Waals surface area contributed by atoms with Gasteiger partial charge in [-0.1, -0.05) is 31.4 Å². The van der Waals surface area contributed by atoms with Crippen molar-refractivity contribution < 1.29 is 14.3 Å². The smallest absolute Gasteiger partial charge is 0.322 e. The van der Waals surface area contributed by atoms with Gasteiger partial charge in [0, 0.05) is 17.0 Å². The van der Waals surface area contributed by atoms with Gasteiger partial charge in [0.2, 0.25) is 0 Å². The maximum atomic E-state index is 12.4. The van der Waals surface area contributed by atoms with Gasteiger partial charge in [0.1, 0.15) is 11.9 Å². The van der Waals surface area contributed by atoms with E-state index < -0.39 is 11.6 Å². The summed E-state index contributed by atoms with van der Waals surface area (Å²) in [6.45, 7) is 2.11. The lowest BCUT2D eigenvalue weighted by atomic mass is 9.81. The molecule has 112 valence electrons.